The lowest BCUT2D eigenvalue weighted by atomic mass is 10.5. The second-order valence-corrected chi connectivity index (χ2v) is 2.01. The molecule has 4 N–H and O–H groups in total. The molecule has 0 atom stereocenters. The number of urea groups is 1. The van der Waals surface area contributed by atoms with Gasteiger partial charge in [-0.25, -0.2) is 4.79 Å². The van der Waals surface area contributed by atoms with Gasteiger partial charge in [0.05, 0.1) is 13.2 Å². The van der Waals surface area contributed by atoms with E-state index < -0.39 is 6.03 Å². The minimum absolute atomic E-state index is 0.0837. The third-order valence-corrected chi connectivity index (χ3v) is 1.07. The minimum Gasteiger partial charge on any atom is -0.395 e. The summed E-state index contributed by atoms with van der Waals surface area (Å²) < 4.78 is 0. The van der Waals surface area contributed by atoms with Crippen molar-refractivity contribution in [1.29, 1.82) is 0 Å². The molecule has 0 unspecified atom stereocenters. The third-order valence-electron chi connectivity index (χ3n) is 1.07. The summed E-state index contributed by atoms with van der Waals surface area (Å²) in [5.41, 5.74) is 0. The van der Waals surface area contributed by atoms with Crippen LogP contribution in [-0.2, 0) is 4.79 Å². The van der Waals surface area contributed by atoms with Gasteiger partial charge in [-0.2, -0.15) is 0 Å². The van der Waals surface area contributed by atoms with E-state index in [2.05, 4.69) is 16.0 Å². The number of nitrogens with one attached hydrogen (secondary N) is 3. The number of rotatable bonds is 4. The van der Waals surface area contributed by atoms with Crippen molar-refractivity contribution < 1.29 is 14.7 Å². The zero-order valence-corrected chi connectivity index (χ0v) is 6.89. The molecule has 6 nitrogen and oxygen atoms in total. The van der Waals surface area contributed by atoms with Crippen molar-refractivity contribution in [2.45, 2.75) is 0 Å². The fourth-order valence-electron chi connectivity index (χ4n) is 0.507. The minimum atomic E-state index is -0.408. The Balaban J connectivity index is 3.37. The number of amides is 3. The monoisotopic (exact) mass is 175 g/mol. The molecule has 0 aromatic heterocycles. The van der Waals surface area contributed by atoms with Crippen molar-refractivity contribution in [2.24, 2.45) is 0 Å². The van der Waals surface area contributed by atoms with E-state index in [-0.39, 0.29) is 25.6 Å². The Hall–Kier alpha value is -1.30. The van der Waals surface area contributed by atoms with E-state index in [9.17, 15) is 9.59 Å². The molecular weight excluding hydrogens is 162 g/mol. The number of hydrogen-bond acceptors (Lipinski definition) is 3. The number of aliphatic hydroxyl groups excluding tert-OH is 1. The largest absolute Gasteiger partial charge is 0.395 e. The van der Waals surface area contributed by atoms with Crippen LogP contribution >= 0.6 is 0 Å². The summed E-state index contributed by atoms with van der Waals surface area (Å²) in [6, 6.07) is -0.408. The van der Waals surface area contributed by atoms with Gasteiger partial charge in [-0.05, 0) is 0 Å². The molecule has 0 spiro atoms. The predicted molar refractivity (Wildman–Crippen MR) is 42.6 cm³/mol. The summed E-state index contributed by atoms with van der Waals surface area (Å²) in [5, 5.41) is 15.3. The molecule has 0 aliphatic rings. The van der Waals surface area contributed by atoms with Gasteiger partial charge in [0.25, 0.3) is 0 Å². The second kappa shape index (κ2) is 6.41. The van der Waals surface area contributed by atoms with Gasteiger partial charge in [-0.3, -0.25) is 4.79 Å². The van der Waals surface area contributed by atoms with Crippen molar-refractivity contribution >= 4 is 11.9 Å². The first-order chi connectivity index (χ1) is 5.70. The van der Waals surface area contributed by atoms with E-state index in [1.807, 2.05) is 0 Å². The molecule has 3 amide bonds. The Labute approximate surface area is 70.3 Å². The molecule has 0 aromatic rings. The maximum Gasteiger partial charge on any atom is 0.314 e. The molecule has 6 heteroatoms. The molecule has 12 heavy (non-hydrogen) atoms. The van der Waals surface area contributed by atoms with Gasteiger partial charge in [0.2, 0.25) is 5.91 Å². The van der Waals surface area contributed by atoms with Crippen molar-refractivity contribution in [2.75, 3.05) is 26.7 Å². The van der Waals surface area contributed by atoms with Gasteiger partial charge < -0.3 is 21.1 Å². The zero-order valence-electron chi connectivity index (χ0n) is 6.89. The van der Waals surface area contributed by atoms with Gasteiger partial charge in [0, 0.05) is 13.6 Å². The van der Waals surface area contributed by atoms with E-state index in [4.69, 9.17) is 5.11 Å². The SMILES string of the molecule is CNC(=O)NCC(=O)NCCO. The number of carbonyl (C=O) groups is 2. The lowest BCUT2D eigenvalue weighted by molar-refractivity contribution is -0.120. The van der Waals surface area contributed by atoms with Crippen LogP contribution in [0.5, 0.6) is 0 Å². The van der Waals surface area contributed by atoms with Crippen molar-refractivity contribution in [3.8, 4) is 0 Å². The highest BCUT2D eigenvalue weighted by Crippen LogP contribution is 1.65. The number of carbonyl (C=O) groups excluding carboxylic acids is 2. The standard InChI is InChI=1S/C6H13N3O3/c1-7-6(12)9-4-5(11)8-2-3-10/h10H,2-4H2,1H3,(H,8,11)(H2,7,9,12). The van der Waals surface area contributed by atoms with Gasteiger partial charge in [-0.1, -0.05) is 0 Å². The molecule has 0 radical (unpaired) electrons. The Morgan fingerprint density at radius 1 is 1.33 bits per heavy atom. The van der Waals surface area contributed by atoms with Gasteiger partial charge >= 0.3 is 6.03 Å². The molecule has 0 rings (SSSR count). The summed E-state index contributed by atoms with van der Waals surface area (Å²) in [6.07, 6.45) is 0. The normalized spacial score (nSPS) is 8.83. The van der Waals surface area contributed by atoms with Crippen LogP contribution in [0.3, 0.4) is 0 Å². The highest BCUT2D eigenvalue weighted by molar-refractivity contribution is 5.83. The van der Waals surface area contributed by atoms with Crippen LogP contribution in [0.2, 0.25) is 0 Å². The van der Waals surface area contributed by atoms with Crippen LogP contribution in [0.25, 0.3) is 0 Å². The summed E-state index contributed by atoms with van der Waals surface area (Å²) in [4.78, 5) is 21.3. The van der Waals surface area contributed by atoms with Crippen molar-refractivity contribution in [3.05, 3.63) is 0 Å². The molecular formula is C6H13N3O3. The van der Waals surface area contributed by atoms with E-state index in [0.29, 0.717) is 0 Å². The third kappa shape index (κ3) is 5.48. The quantitative estimate of drug-likeness (QED) is 0.399. The van der Waals surface area contributed by atoms with Gasteiger partial charge in [-0.15, -0.1) is 0 Å². The first kappa shape index (κ1) is 10.7. The van der Waals surface area contributed by atoms with E-state index in [0.717, 1.165) is 0 Å². The fraction of sp³-hybridized carbons (Fsp3) is 0.667. The predicted octanol–water partition coefficient (Wildman–Crippen LogP) is -1.98. The van der Waals surface area contributed by atoms with Crippen LogP contribution in [0, 0.1) is 0 Å². The molecule has 0 fully saturated rings. The summed E-state index contributed by atoms with van der Waals surface area (Å²) >= 11 is 0. The fourth-order valence-corrected chi connectivity index (χ4v) is 0.507. The van der Waals surface area contributed by atoms with E-state index in [1.165, 1.54) is 7.05 Å². The lowest BCUT2D eigenvalue weighted by Crippen LogP contribution is -2.41. The Morgan fingerprint density at radius 3 is 2.50 bits per heavy atom. The first-order valence-corrected chi connectivity index (χ1v) is 3.54. The van der Waals surface area contributed by atoms with Crippen LogP contribution < -0.4 is 16.0 Å². The Morgan fingerprint density at radius 2 is 2.00 bits per heavy atom. The smallest absolute Gasteiger partial charge is 0.314 e. The Kier molecular flexibility index (Phi) is 5.72. The van der Waals surface area contributed by atoms with Crippen molar-refractivity contribution in [3.63, 3.8) is 0 Å². The van der Waals surface area contributed by atoms with Crippen molar-refractivity contribution in [1.82, 2.24) is 16.0 Å². The molecule has 0 saturated heterocycles. The molecule has 0 aliphatic carbocycles. The number of hydrogen-bond donors (Lipinski definition) is 4. The number of aliphatic hydroxyl groups is 1. The average molecular weight is 175 g/mol. The summed E-state index contributed by atoms with van der Waals surface area (Å²) in [7, 11) is 1.46. The molecule has 0 saturated carbocycles. The molecule has 0 heterocycles. The van der Waals surface area contributed by atoms with Crippen LogP contribution in [0.1, 0.15) is 0 Å². The zero-order chi connectivity index (χ0) is 9.40. The van der Waals surface area contributed by atoms with Gasteiger partial charge in [0.15, 0.2) is 0 Å². The van der Waals surface area contributed by atoms with E-state index in [1.54, 1.807) is 0 Å². The average Bonchev–Trinajstić information content (AvgIpc) is 2.10. The topological polar surface area (TPSA) is 90.5 Å². The maximum absolute atomic E-state index is 10.8. The molecule has 0 aliphatic heterocycles. The molecule has 0 bridgehead atoms. The summed E-state index contributed by atoms with van der Waals surface area (Å²) in [6.45, 7) is 0.0135. The maximum atomic E-state index is 10.8. The first-order valence-electron chi connectivity index (χ1n) is 3.54. The van der Waals surface area contributed by atoms with Crippen LogP contribution in [0.15, 0.2) is 0 Å². The Bertz CT molecular complexity index is 160. The molecule has 0 aromatic carbocycles. The van der Waals surface area contributed by atoms with Gasteiger partial charge in [0.1, 0.15) is 0 Å². The summed E-state index contributed by atoms with van der Waals surface area (Å²) in [5.74, 6) is -0.326. The van der Waals surface area contributed by atoms with Crippen LogP contribution in [-0.4, -0.2) is 43.8 Å². The second-order valence-electron chi connectivity index (χ2n) is 2.01. The highest BCUT2D eigenvalue weighted by Gasteiger charge is 2.01. The lowest BCUT2D eigenvalue weighted by Gasteiger charge is -2.04. The highest BCUT2D eigenvalue weighted by atomic mass is 16.3. The van der Waals surface area contributed by atoms with E-state index >= 15 is 0 Å². The molecule has 70 valence electrons. The van der Waals surface area contributed by atoms with Crippen LogP contribution in [0.4, 0.5) is 4.79 Å².